The van der Waals surface area contributed by atoms with Gasteiger partial charge in [0, 0.05) is 17.5 Å². The summed E-state index contributed by atoms with van der Waals surface area (Å²) >= 11 is 1.53. The van der Waals surface area contributed by atoms with E-state index in [4.69, 9.17) is 4.98 Å². The molecule has 4 rings (SSSR count). The molecule has 0 aliphatic heterocycles. The van der Waals surface area contributed by atoms with Crippen molar-refractivity contribution in [3.63, 3.8) is 0 Å². The van der Waals surface area contributed by atoms with Crippen LogP contribution in [0.3, 0.4) is 0 Å². The van der Waals surface area contributed by atoms with Gasteiger partial charge in [0.2, 0.25) is 0 Å². The van der Waals surface area contributed by atoms with E-state index < -0.39 is 0 Å². The molecule has 28 heavy (non-hydrogen) atoms. The Morgan fingerprint density at radius 3 is 2.43 bits per heavy atom. The van der Waals surface area contributed by atoms with E-state index in [9.17, 15) is 4.79 Å². The molecule has 1 N–H and O–H groups in total. The Bertz CT molecular complexity index is 1100. The Kier molecular flexibility index (Phi) is 5.65. The number of nitrogens with zero attached hydrogens (tertiary/aromatic N) is 2. The molecule has 0 atom stereocenters. The van der Waals surface area contributed by atoms with Gasteiger partial charge in [-0.05, 0) is 24.1 Å². The maximum atomic E-state index is 12.8. The zero-order valence-corrected chi connectivity index (χ0v) is 16.7. The summed E-state index contributed by atoms with van der Waals surface area (Å²) in [5.74, 6) is 0.725. The van der Waals surface area contributed by atoms with Crippen molar-refractivity contribution in [2.45, 2.75) is 26.4 Å². The van der Waals surface area contributed by atoms with E-state index >= 15 is 0 Å². The summed E-state index contributed by atoms with van der Waals surface area (Å²) in [5.41, 5.74) is 3.21. The van der Waals surface area contributed by atoms with Crippen LogP contribution < -0.4 is 5.56 Å². The molecule has 0 amide bonds. The van der Waals surface area contributed by atoms with Gasteiger partial charge < -0.3 is 4.98 Å². The van der Waals surface area contributed by atoms with E-state index in [1.807, 2.05) is 41.8 Å². The fraction of sp³-hybridized carbons (Fsp3) is 0.217. The van der Waals surface area contributed by atoms with Crippen molar-refractivity contribution in [3.8, 4) is 11.1 Å². The van der Waals surface area contributed by atoms with E-state index in [1.165, 1.54) is 16.9 Å². The predicted molar refractivity (Wildman–Crippen MR) is 117 cm³/mol. The number of H-pyrrole nitrogens is 1. The van der Waals surface area contributed by atoms with Crippen LogP contribution in [0.5, 0.6) is 0 Å². The van der Waals surface area contributed by atoms with Crippen molar-refractivity contribution in [1.29, 1.82) is 0 Å². The quantitative estimate of drug-likeness (QED) is 0.480. The molecule has 0 bridgehead atoms. The molecule has 0 saturated carbocycles. The Morgan fingerprint density at radius 2 is 1.71 bits per heavy atom. The summed E-state index contributed by atoms with van der Waals surface area (Å²) < 4.78 is 0. The zero-order chi connectivity index (χ0) is 19.3. The highest BCUT2D eigenvalue weighted by atomic mass is 32.1. The highest BCUT2D eigenvalue weighted by Gasteiger charge is 2.14. The molecule has 0 aliphatic rings. The Labute approximate surface area is 168 Å². The molecule has 0 spiro atoms. The number of fused-ring (bicyclic) bond motifs is 1. The first-order valence-corrected chi connectivity index (χ1v) is 10.4. The lowest BCUT2D eigenvalue weighted by Gasteiger charge is -2.21. The summed E-state index contributed by atoms with van der Waals surface area (Å²) in [6.07, 6.45) is 1.05. The first kappa shape index (κ1) is 18.6. The van der Waals surface area contributed by atoms with Crippen LogP contribution in [0.15, 0.2) is 70.8 Å². The molecule has 2 aromatic carbocycles. The summed E-state index contributed by atoms with van der Waals surface area (Å²) in [6.45, 7) is 4.60. The van der Waals surface area contributed by atoms with Crippen molar-refractivity contribution < 1.29 is 0 Å². The minimum absolute atomic E-state index is 0.0590. The topological polar surface area (TPSA) is 49.0 Å². The number of hydrogen-bond acceptors (Lipinski definition) is 4. The highest BCUT2D eigenvalue weighted by Crippen LogP contribution is 2.30. The molecule has 0 aliphatic carbocycles. The van der Waals surface area contributed by atoms with Crippen LogP contribution in [0, 0.1) is 0 Å². The number of aromatic nitrogens is 2. The predicted octanol–water partition coefficient (Wildman–Crippen LogP) is 5.06. The SMILES string of the molecule is CCCN(Cc1ccccc1)Cc1nc2scc(-c3ccccc3)c2c(=O)[nH]1. The van der Waals surface area contributed by atoms with Crippen molar-refractivity contribution in [2.24, 2.45) is 0 Å². The molecule has 0 unspecified atom stereocenters. The van der Waals surface area contributed by atoms with Crippen molar-refractivity contribution in [3.05, 3.63) is 87.8 Å². The molecule has 4 aromatic rings. The highest BCUT2D eigenvalue weighted by molar-refractivity contribution is 7.17. The second-order valence-corrected chi connectivity index (χ2v) is 7.76. The third-order valence-corrected chi connectivity index (χ3v) is 5.61. The molecule has 4 nitrogen and oxygen atoms in total. The molecule has 142 valence electrons. The largest absolute Gasteiger partial charge is 0.309 e. The van der Waals surface area contributed by atoms with Gasteiger partial charge >= 0.3 is 0 Å². The van der Waals surface area contributed by atoms with Gasteiger partial charge in [0.15, 0.2) is 0 Å². The first-order chi connectivity index (χ1) is 13.7. The lowest BCUT2D eigenvalue weighted by atomic mass is 10.1. The molecule has 5 heteroatoms. The fourth-order valence-corrected chi connectivity index (χ4v) is 4.45. The number of rotatable bonds is 7. The van der Waals surface area contributed by atoms with Crippen molar-refractivity contribution in [1.82, 2.24) is 14.9 Å². The molecule has 0 saturated heterocycles. The average Bonchev–Trinajstić information content (AvgIpc) is 3.14. The van der Waals surface area contributed by atoms with Crippen LogP contribution in [-0.4, -0.2) is 21.4 Å². The van der Waals surface area contributed by atoms with Gasteiger partial charge in [0.25, 0.3) is 5.56 Å². The van der Waals surface area contributed by atoms with Gasteiger partial charge in [0.05, 0.1) is 11.9 Å². The number of hydrogen-bond donors (Lipinski definition) is 1. The Balaban J connectivity index is 1.63. The van der Waals surface area contributed by atoms with E-state index in [0.717, 1.165) is 41.3 Å². The maximum Gasteiger partial charge on any atom is 0.260 e. The van der Waals surface area contributed by atoms with Crippen molar-refractivity contribution in [2.75, 3.05) is 6.54 Å². The number of benzene rings is 2. The maximum absolute atomic E-state index is 12.8. The summed E-state index contributed by atoms with van der Waals surface area (Å²) in [5, 5.41) is 2.71. The van der Waals surface area contributed by atoms with Gasteiger partial charge in [-0.3, -0.25) is 9.69 Å². The van der Waals surface area contributed by atoms with Gasteiger partial charge in [0.1, 0.15) is 10.7 Å². The standard InChI is InChI=1S/C23H23N3OS/c1-2-13-26(14-17-9-5-3-6-10-17)15-20-24-22(27)21-19(16-28-23(21)25-20)18-11-7-4-8-12-18/h3-12,16H,2,13-15H2,1H3,(H,24,25,27). The minimum Gasteiger partial charge on any atom is -0.309 e. The summed E-state index contributed by atoms with van der Waals surface area (Å²) in [7, 11) is 0. The average molecular weight is 390 g/mol. The number of aromatic amines is 1. The van der Waals surface area contributed by atoms with E-state index in [2.05, 4.69) is 41.1 Å². The van der Waals surface area contributed by atoms with Gasteiger partial charge in [-0.2, -0.15) is 0 Å². The van der Waals surface area contributed by atoms with Crippen LogP contribution >= 0.6 is 11.3 Å². The normalized spacial score (nSPS) is 11.4. The van der Waals surface area contributed by atoms with E-state index in [0.29, 0.717) is 11.9 Å². The third-order valence-electron chi connectivity index (χ3n) is 4.74. The Hall–Kier alpha value is -2.76. The zero-order valence-electron chi connectivity index (χ0n) is 15.9. The van der Waals surface area contributed by atoms with Gasteiger partial charge in [-0.25, -0.2) is 4.98 Å². The second-order valence-electron chi connectivity index (χ2n) is 6.90. The van der Waals surface area contributed by atoms with Crippen LogP contribution in [0.25, 0.3) is 21.3 Å². The van der Waals surface area contributed by atoms with E-state index in [1.54, 1.807) is 0 Å². The molecule has 0 fully saturated rings. The molecular weight excluding hydrogens is 366 g/mol. The molecular formula is C23H23N3OS. The van der Waals surface area contributed by atoms with Crippen molar-refractivity contribution >= 4 is 21.6 Å². The van der Waals surface area contributed by atoms with Crippen LogP contribution in [0.1, 0.15) is 24.7 Å². The minimum atomic E-state index is -0.0590. The molecule has 2 aromatic heterocycles. The summed E-state index contributed by atoms with van der Waals surface area (Å²) in [6, 6.07) is 20.4. The fourth-order valence-electron chi connectivity index (χ4n) is 3.48. The van der Waals surface area contributed by atoms with Crippen LogP contribution in [-0.2, 0) is 13.1 Å². The van der Waals surface area contributed by atoms with Crippen LogP contribution in [0.4, 0.5) is 0 Å². The lowest BCUT2D eigenvalue weighted by molar-refractivity contribution is 0.251. The first-order valence-electron chi connectivity index (χ1n) is 9.56. The Morgan fingerprint density at radius 1 is 1.00 bits per heavy atom. The van der Waals surface area contributed by atoms with Gasteiger partial charge in [-0.1, -0.05) is 67.6 Å². The van der Waals surface area contributed by atoms with Crippen LogP contribution in [0.2, 0.25) is 0 Å². The molecule has 2 heterocycles. The lowest BCUT2D eigenvalue weighted by Crippen LogP contribution is -2.26. The number of thiophene rings is 1. The smallest absolute Gasteiger partial charge is 0.260 e. The monoisotopic (exact) mass is 389 g/mol. The van der Waals surface area contributed by atoms with Gasteiger partial charge in [-0.15, -0.1) is 11.3 Å². The molecule has 0 radical (unpaired) electrons. The number of nitrogens with one attached hydrogen (secondary N) is 1. The van der Waals surface area contributed by atoms with E-state index in [-0.39, 0.29) is 5.56 Å². The third kappa shape index (κ3) is 4.06. The summed E-state index contributed by atoms with van der Waals surface area (Å²) in [4.78, 5) is 23.8. The second kappa shape index (κ2) is 8.50.